The van der Waals surface area contributed by atoms with E-state index in [4.69, 9.17) is 4.74 Å². The normalized spacial score (nSPS) is 30.5. The first kappa shape index (κ1) is 21.4. The van der Waals surface area contributed by atoms with E-state index in [1.807, 2.05) is 19.9 Å². The molecule has 4 saturated carbocycles. The lowest BCUT2D eigenvalue weighted by atomic mass is 9.48. The molecule has 0 aliphatic heterocycles. The van der Waals surface area contributed by atoms with Crippen LogP contribution in [0.2, 0.25) is 0 Å². The standard InChI is InChI=1S/C27H33NO4/c1-16-5-6-22(7-17(16)2)28-18(3)8-23(19(28)4)24(29)14-32-25(30)26-10-20-9-21(11-26)13-27(31,12-20)15-26/h5-8,20-21,31H,9-15H2,1-4H3. The molecule has 32 heavy (non-hydrogen) atoms. The minimum Gasteiger partial charge on any atom is -0.457 e. The SMILES string of the molecule is Cc1ccc(-n2c(C)cc(C(=O)COC(=O)C34CC5CC(CC(O)(C5)C3)C4)c2C)cc1C. The first-order valence-electron chi connectivity index (χ1n) is 11.8. The van der Waals surface area contributed by atoms with E-state index in [1.54, 1.807) is 0 Å². The molecule has 0 saturated heterocycles. The van der Waals surface area contributed by atoms with Crippen LogP contribution in [-0.2, 0) is 9.53 Å². The first-order chi connectivity index (χ1) is 15.1. The number of benzene rings is 1. The summed E-state index contributed by atoms with van der Waals surface area (Å²) in [6.07, 6.45) is 4.80. The molecule has 4 aliphatic rings. The van der Waals surface area contributed by atoms with E-state index in [-0.39, 0.29) is 18.4 Å². The van der Waals surface area contributed by atoms with Gasteiger partial charge in [0.05, 0.1) is 11.0 Å². The summed E-state index contributed by atoms with van der Waals surface area (Å²) in [7, 11) is 0. The molecule has 1 heterocycles. The van der Waals surface area contributed by atoms with Crippen molar-refractivity contribution >= 4 is 11.8 Å². The summed E-state index contributed by atoms with van der Waals surface area (Å²) in [5, 5.41) is 10.9. The third kappa shape index (κ3) is 3.42. The number of ketones is 1. The minimum absolute atomic E-state index is 0.176. The van der Waals surface area contributed by atoms with Gasteiger partial charge in [-0.25, -0.2) is 0 Å². The fourth-order valence-corrected chi connectivity index (χ4v) is 7.12. The molecule has 1 aromatic heterocycles. The number of carbonyl (C=O) groups excluding carboxylic acids is 2. The van der Waals surface area contributed by atoms with E-state index < -0.39 is 11.0 Å². The van der Waals surface area contributed by atoms with Gasteiger partial charge in [-0.3, -0.25) is 9.59 Å². The van der Waals surface area contributed by atoms with Crippen LogP contribution in [0.15, 0.2) is 24.3 Å². The van der Waals surface area contributed by atoms with Crippen LogP contribution < -0.4 is 0 Å². The Labute approximate surface area is 189 Å². The van der Waals surface area contributed by atoms with Crippen molar-refractivity contribution in [3.63, 3.8) is 0 Å². The number of nitrogens with zero attached hydrogens (tertiary/aromatic N) is 1. The number of hydrogen-bond acceptors (Lipinski definition) is 4. The molecule has 4 aliphatic carbocycles. The molecule has 0 spiro atoms. The van der Waals surface area contributed by atoms with Gasteiger partial charge in [-0.1, -0.05) is 6.07 Å². The van der Waals surface area contributed by atoms with Crippen LogP contribution in [-0.4, -0.2) is 33.6 Å². The molecule has 4 bridgehead atoms. The zero-order valence-corrected chi connectivity index (χ0v) is 19.5. The maximum Gasteiger partial charge on any atom is 0.312 e. The Kier molecular flexibility index (Phi) is 4.90. The molecule has 2 atom stereocenters. The molecule has 2 aromatic rings. The summed E-state index contributed by atoms with van der Waals surface area (Å²) in [6, 6.07) is 8.16. The van der Waals surface area contributed by atoms with E-state index in [0.717, 1.165) is 49.2 Å². The maximum atomic E-state index is 13.1. The van der Waals surface area contributed by atoms with Crippen molar-refractivity contribution < 1.29 is 19.4 Å². The van der Waals surface area contributed by atoms with Gasteiger partial charge in [-0.15, -0.1) is 0 Å². The van der Waals surface area contributed by atoms with Crippen molar-refractivity contribution in [2.24, 2.45) is 17.3 Å². The number of aliphatic hydroxyl groups is 1. The molecule has 1 N–H and O–H groups in total. The van der Waals surface area contributed by atoms with Crippen molar-refractivity contribution in [2.45, 2.75) is 71.8 Å². The first-order valence-corrected chi connectivity index (χ1v) is 11.8. The van der Waals surface area contributed by atoms with Crippen molar-refractivity contribution in [1.29, 1.82) is 0 Å². The Hall–Kier alpha value is -2.40. The van der Waals surface area contributed by atoms with E-state index in [0.29, 0.717) is 23.8 Å². The van der Waals surface area contributed by atoms with Crippen LogP contribution >= 0.6 is 0 Å². The molecular formula is C27H33NO4. The topological polar surface area (TPSA) is 68.5 Å². The lowest BCUT2D eigenvalue weighted by Gasteiger charge is -2.58. The van der Waals surface area contributed by atoms with Gasteiger partial charge in [-0.05, 0) is 107 Å². The highest BCUT2D eigenvalue weighted by Crippen LogP contribution is 2.62. The third-order valence-electron chi connectivity index (χ3n) is 8.28. The van der Waals surface area contributed by atoms with Gasteiger partial charge in [0.15, 0.2) is 6.61 Å². The minimum atomic E-state index is -0.718. The molecule has 170 valence electrons. The summed E-state index contributed by atoms with van der Waals surface area (Å²) in [5.41, 5.74) is 4.57. The Morgan fingerprint density at radius 2 is 1.72 bits per heavy atom. The highest BCUT2D eigenvalue weighted by Gasteiger charge is 2.60. The molecular weight excluding hydrogens is 402 g/mol. The number of Topliss-reactive ketones (excluding diaryl/α,β-unsaturated/α-hetero) is 1. The summed E-state index contributed by atoms with van der Waals surface area (Å²) >= 11 is 0. The quantitative estimate of drug-likeness (QED) is 0.543. The number of rotatable bonds is 5. The molecule has 5 heteroatoms. The van der Waals surface area contributed by atoms with Gasteiger partial charge in [0.25, 0.3) is 0 Å². The number of aromatic nitrogens is 1. The van der Waals surface area contributed by atoms with Gasteiger partial charge in [-0.2, -0.15) is 0 Å². The van der Waals surface area contributed by atoms with Crippen molar-refractivity contribution in [3.8, 4) is 5.69 Å². The average Bonchev–Trinajstić information content (AvgIpc) is 3.00. The van der Waals surface area contributed by atoms with Gasteiger partial charge in [0.1, 0.15) is 0 Å². The smallest absolute Gasteiger partial charge is 0.312 e. The predicted octanol–water partition coefficient (Wildman–Crippen LogP) is 4.77. The van der Waals surface area contributed by atoms with Gasteiger partial charge >= 0.3 is 5.97 Å². The molecule has 2 unspecified atom stereocenters. The molecule has 0 amide bonds. The average molecular weight is 436 g/mol. The van der Waals surface area contributed by atoms with E-state index in [2.05, 4.69) is 36.6 Å². The van der Waals surface area contributed by atoms with Gasteiger partial charge < -0.3 is 14.4 Å². The van der Waals surface area contributed by atoms with Gasteiger partial charge in [0.2, 0.25) is 5.78 Å². The van der Waals surface area contributed by atoms with Crippen LogP contribution in [0.25, 0.3) is 5.69 Å². The fourth-order valence-electron chi connectivity index (χ4n) is 7.12. The molecule has 6 rings (SSSR count). The monoisotopic (exact) mass is 435 g/mol. The number of ether oxygens (including phenoxy) is 1. The second-order valence-electron chi connectivity index (χ2n) is 10.9. The zero-order valence-electron chi connectivity index (χ0n) is 19.5. The molecule has 4 fully saturated rings. The van der Waals surface area contributed by atoms with Crippen LogP contribution in [0.5, 0.6) is 0 Å². The second kappa shape index (κ2) is 7.31. The summed E-state index contributed by atoms with van der Waals surface area (Å²) in [5.74, 6) is 0.342. The predicted molar refractivity (Wildman–Crippen MR) is 122 cm³/mol. The highest BCUT2D eigenvalue weighted by atomic mass is 16.5. The Morgan fingerprint density at radius 1 is 1.03 bits per heavy atom. The summed E-state index contributed by atoms with van der Waals surface area (Å²) < 4.78 is 7.70. The van der Waals surface area contributed by atoms with Gasteiger partial charge in [0, 0.05) is 22.6 Å². The summed E-state index contributed by atoms with van der Waals surface area (Å²) in [4.78, 5) is 26.2. The highest BCUT2D eigenvalue weighted by molar-refractivity contribution is 5.99. The van der Waals surface area contributed by atoms with Crippen LogP contribution in [0.1, 0.15) is 71.4 Å². The van der Waals surface area contributed by atoms with Crippen LogP contribution in [0.4, 0.5) is 0 Å². The second-order valence-corrected chi connectivity index (χ2v) is 10.9. The van der Waals surface area contributed by atoms with Crippen LogP contribution in [0.3, 0.4) is 0 Å². The number of aryl methyl sites for hydroxylation is 3. The van der Waals surface area contributed by atoms with E-state index in [1.165, 1.54) is 11.1 Å². The third-order valence-corrected chi connectivity index (χ3v) is 8.28. The van der Waals surface area contributed by atoms with E-state index in [9.17, 15) is 14.7 Å². The van der Waals surface area contributed by atoms with E-state index >= 15 is 0 Å². The number of hydrogen-bond donors (Lipinski definition) is 1. The fraction of sp³-hybridized carbons (Fsp3) is 0.556. The number of esters is 1. The Morgan fingerprint density at radius 3 is 2.34 bits per heavy atom. The maximum absolute atomic E-state index is 13.1. The van der Waals surface area contributed by atoms with Crippen molar-refractivity contribution in [2.75, 3.05) is 6.61 Å². The number of carbonyl (C=O) groups is 2. The Bertz CT molecular complexity index is 1100. The van der Waals surface area contributed by atoms with Crippen molar-refractivity contribution in [3.05, 3.63) is 52.3 Å². The Balaban J connectivity index is 1.32. The van der Waals surface area contributed by atoms with Crippen molar-refractivity contribution in [1.82, 2.24) is 4.57 Å². The summed E-state index contributed by atoms with van der Waals surface area (Å²) in [6.45, 7) is 7.85. The van der Waals surface area contributed by atoms with Crippen LogP contribution in [0, 0.1) is 44.9 Å². The molecule has 5 nitrogen and oxygen atoms in total. The largest absolute Gasteiger partial charge is 0.457 e. The zero-order chi connectivity index (χ0) is 22.8. The molecule has 1 aromatic carbocycles. The molecule has 0 radical (unpaired) electrons. The lowest BCUT2D eigenvalue weighted by molar-refractivity contribution is -0.195. The lowest BCUT2D eigenvalue weighted by Crippen LogP contribution is -2.58.